The molecule has 0 aliphatic heterocycles. The van der Waals surface area contributed by atoms with Crippen molar-refractivity contribution in [3.8, 4) is 12.3 Å². The highest BCUT2D eigenvalue weighted by Gasteiger charge is 2.02. The molecule has 1 aromatic carbocycles. The number of nitrogens with one attached hydrogen (secondary N) is 1. The van der Waals surface area contributed by atoms with Crippen LogP contribution in [0, 0.1) is 17.8 Å². The molecule has 0 atom stereocenters. The zero-order chi connectivity index (χ0) is 9.14. The molecule has 0 unspecified atom stereocenters. The first-order chi connectivity index (χ1) is 5.65. The summed E-state index contributed by atoms with van der Waals surface area (Å²) in [5.41, 5.74) is 6.86. The van der Waals surface area contributed by atoms with Gasteiger partial charge >= 0.3 is 0 Å². The van der Waals surface area contributed by atoms with Gasteiger partial charge in [-0.15, -0.1) is 6.42 Å². The number of nitrogens with two attached hydrogens (primary N) is 1. The van der Waals surface area contributed by atoms with Crippen molar-refractivity contribution < 1.29 is 0 Å². The second kappa shape index (κ2) is 3.42. The number of benzene rings is 1. The van der Waals surface area contributed by atoms with Crippen LogP contribution in [-0.2, 0) is 0 Å². The summed E-state index contributed by atoms with van der Waals surface area (Å²) in [7, 11) is 0. The Labute approximate surface area is 79.4 Å². The van der Waals surface area contributed by atoms with Crippen molar-refractivity contribution in [2.75, 3.05) is 5.73 Å². The number of anilines is 1. The van der Waals surface area contributed by atoms with Crippen LogP contribution in [0.5, 0.6) is 0 Å². The molecule has 0 bridgehead atoms. The number of hydrogen-bond acceptors (Lipinski definition) is 2. The molecule has 3 heteroatoms. The predicted octanol–water partition coefficient (Wildman–Crippen LogP) is 2.03. The molecule has 3 N–H and O–H groups in total. The van der Waals surface area contributed by atoms with Crippen LogP contribution in [0.15, 0.2) is 22.7 Å². The second-order valence-electron chi connectivity index (χ2n) is 2.25. The molecule has 2 nitrogen and oxygen atoms in total. The van der Waals surface area contributed by atoms with Crippen LogP contribution in [-0.4, -0.2) is 5.71 Å². The Bertz CT molecular complexity index is 363. The topological polar surface area (TPSA) is 49.9 Å². The Morgan fingerprint density at radius 2 is 2.25 bits per heavy atom. The minimum atomic E-state index is 0.111. The van der Waals surface area contributed by atoms with E-state index in [9.17, 15) is 0 Å². The molecule has 1 aromatic rings. The van der Waals surface area contributed by atoms with Crippen LogP contribution >= 0.6 is 15.9 Å². The van der Waals surface area contributed by atoms with Crippen molar-refractivity contribution in [2.24, 2.45) is 0 Å². The molecule has 0 saturated carbocycles. The van der Waals surface area contributed by atoms with Gasteiger partial charge in [-0.2, -0.15) is 0 Å². The predicted molar refractivity (Wildman–Crippen MR) is 54.2 cm³/mol. The number of halogens is 1. The van der Waals surface area contributed by atoms with Crippen LogP contribution in [0.3, 0.4) is 0 Å². The zero-order valence-corrected chi connectivity index (χ0v) is 7.85. The average molecular weight is 223 g/mol. The highest BCUT2D eigenvalue weighted by Crippen LogP contribution is 2.18. The van der Waals surface area contributed by atoms with Crippen molar-refractivity contribution >= 4 is 27.3 Å². The third-order valence-electron chi connectivity index (χ3n) is 1.43. The minimum Gasteiger partial charge on any atom is -0.398 e. The van der Waals surface area contributed by atoms with E-state index in [-0.39, 0.29) is 5.71 Å². The molecule has 0 aliphatic carbocycles. The lowest BCUT2D eigenvalue weighted by atomic mass is 10.1. The summed E-state index contributed by atoms with van der Waals surface area (Å²) in [4.78, 5) is 0. The van der Waals surface area contributed by atoms with E-state index in [1.54, 1.807) is 18.2 Å². The standard InChI is InChI=1S/C9H7BrN2/c1-2-8(11)7-4-3-6(10)5-9(7)12/h1,3-5,11H,12H2. The van der Waals surface area contributed by atoms with E-state index in [1.807, 2.05) is 0 Å². The van der Waals surface area contributed by atoms with Gasteiger partial charge < -0.3 is 5.73 Å². The Hall–Kier alpha value is -1.27. The summed E-state index contributed by atoms with van der Waals surface area (Å²) in [5.74, 6) is 2.23. The summed E-state index contributed by atoms with van der Waals surface area (Å²) in [5, 5.41) is 7.36. The normalized spacial score (nSPS) is 9.00. The summed E-state index contributed by atoms with van der Waals surface area (Å²) < 4.78 is 0.883. The average Bonchev–Trinajstić information content (AvgIpc) is 2.03. The molecular formula is C9H7BrN2. The first-order valence-electron chi connectivity index (χ1n) is 3.25. The van der Waals surface area contributed by atoms with Gasteiger partial charge in [0.05, 0.1) is 0 Å². The molecule has 0 amide bonds. The largest absolute Gasteiger partial charge is 0.398 e. The van der Waals surface area contributed by atoms with Gasteiger partial charge in [-0.3, -0.25) is 5.41 Å². The molecular weight excluding hydrogens is 216 g/mol. The smallest absolute Gasteiger partial charge is 0.113 e. The molecule has 12 heavy (non-hydrogen) atoms. The van der Waals surface area contributed by atoms with Crippen molar-refractivity contribution in [3.63, 3.8) is 0 Å². The molecule has 0 heterocycles. The van der Waals surface area contributed by atoms with E-state index in [0.717, 1.165) is 4.47 Å². The van der Waals surface area contributed by atoms with Gasteiger partial charge in [-0.25, -0.2) is 0 Å². The number of rotatable bonds is 1. The van der Waals surface area contributed by atoms with E-state index in [2.05, 4.69) is 21.9 Å². The van der Waals surface area contributed by atoms with Gasteiger partial charge in [0.1, 0.15) is 5.71 Å². The number of nitrogen functional groups attached to an aromatic ring is 1. The molecule has 0 aromatic heterocycles. The van der Waals surface area contributed by atoms with E-state index in [4.69, 9.17) is 17.6 Å². The lowest BCUT2D eigenvalue weighted by Gasteiger charge is -2.01. The lowest BCUT2D eigenvalue weighted by molar-refractivity contribution is 1.50. The van der Waals surface area contributed by atoms with Gasteiger partial charge in [0.15, 0.2) is 0 Å². The van der Waals surface area contributed by atoms with Gasteiger partial charge in [0.25, 0.3) is 0 Å². The SMILES string of the molecule is C#CC(=N)c1ccc(Br)cc1N. The first-order valence-corrected chi connectivity index (χ1v) is 4.05. The molecule has 60 valence electrons. The second-order valence-corrected chi connectivity index (χ2v) is 3.17. The minimum absolute atomic E-state index is 0.111. The Kier molecular flexibility index (Phi) is 2.51. The molecule has 0 aliphatic rings. The lowest BCUT2D eigenvalue weighted by Crippen LogP contribution is -2.00. The fourth-order valence-electron chi connectivity index (χ4n) is 0.839. The molecule has 1 rings (SSSR count). The maximum absolute atomic E-state index is 7.36. The van der Waals surface area contributed by atoms with Crippen molar-refractivity contribution in [1.29, 1.82) is 5.41 Å². The van der Waals surface area contributed by atoms with E-state index in [1.165, 1.54) is 0 Å². The van der Waals surface area contributed by atoms with Crippen molar-refractivity contribution in [3.05, 3.63) is 28.2 Å². The monoisotopic (exact) mass is 222 g/mol. The fourth-order valence-corrected chi connectivity index (χ4v) is 1.22. The zero-order valence-electron chi connectivity index (χ0n) is 6.26. The summed E-state index contributed by atoms with van der Waals surface area (Å²) in [6.45, 7) is 0. The molecule has 0 spiro atoms. The highest BCUT2D eigenvalue weighted by atomic mass is 79.9. The third-order valence-corrected chi connectivity index (χ3v) is 1.92. The number of hydrogen-bond donors (Lipinski definition) is 2. The Morgan fingerprint density at radius 1 is 1.58 bits per heavy atom. The maximum Gasteiger partial charge on any atom is 0.113 e. The van der Waals surface area contributed by atoms with E-state index < -0.39 is 0 Å². The van der Waals surface area contributed by atoms with Crippen LogP contribution in [0.4, 0.5) is 5.69 Å². The first kappa shape index (κ1) is 8.82. The Morgan fingerprint density at radius 3 is 2.75 bits per heavy atom. The Balaban J connectivity index is 3.20. The van der Waals surface area contributed by atoms with Crippen molar-refractivity contribution in [1.82, 2.24) is 0 Å². The third kappa shape index (κ3) is 1.66. The van der Waals surface area contributed by atoms with Crippen LogP contribution in [0.1, 0.15) is 5.56 Å². The van der Waals surface area contributed by atoms with Crippen LogP contribution in [0.2, 0.25) is 0 Å². The van der Waals surface area contributed by atoms with Crippen LogP contribution in [0.25, 0.3) is 0 Å². The molecule has 0 saturated heterocycles. The van der Waals surface area contributed by atoms with E-state index in [0.29, 0.717) is 11.3 Å². The quantitative estimate of drug-likeness (QED) is 0.427. The summed E-state index contributed by atoms with van der Waals surface area (Å²) in [6, 6.07) is 5.25. The summed E-state index contributed by atoms with van der Waals surface area (Å²) >= 11 is 3.27. The maximum atomic E-state index is 7.36. The van der Waals surface area contributed by atoms with E-state index >= 15 is 0 Å². The van der Waals surface area contributed by atoms with Gasteiger partial charge in [0.2, 0.25) is 0 Å². The molecule has 0 fully saturated rings. The highest BCUT2D eigenvalue weighted by molar-refractivity contribution is 9.10. The number of terminal acetylenes is 1. The van der Waals surface area contributed by atoms with Gasteiger partial charge in [-0.05, 0) is 18.2 Å². The van der Waals surface area contributed by atoms with Gasteiger partial charge in [0, 0.05) is 15.7 Å². The van der Waals surface area contributed by atoms with Gasteiger partial charge in [-0.1, -0.05) is 21.9 Å². The van der Waals surface area contributed by atoms with Crippen LogP contribution < -0.4 is 5.73 Å². The van der Waals surface area contributed by atoms with Crippen molar-refractivity contribution in [2.45, 2.75) is 0 Å². The fraction of sp³-hybridized carbons (Fsp3) is 0. The summed E-state index contributed by atoms with van der Waals surface area (Å²) in [6.07, 6.45) is 5.07. The molecule has 0 radical (unpaired) electrons.